The van der Waals surface area contributed by atoms with Crippen molar-refractivity contribution in [2.75, 3.05) is 44.2 Å². The van der Waals surface area contributed by atoms with Gasteiger partial charge < -0.3 is 19.7 Å². The van der Waals surface area contributed by atoms with E-state index in [4.69, 9.17) is 39.5 Å². The number of ether oxygens (including phenoxy) is 1. The molecule has 2 N–H and O–H groups in total. The highest BCUT2D eigenvalue weighted by atomic mass is 35.5. The first-order valence-electron chi connectivity index (χ1n) is 9.22. The van der Waals surface area contributed by atoms with Crippen molar-refractivity contribution < 1.29 is 9.84 Å². The monoisotopic (exact) mass is 455 g/mol. The van der Waals surface area contributed by atoms with Crippen LogP contribution in [0.3, 0.4) is 0 Å². The number of benzene rings is 1. The Kier molecular flexibility index (Phi) is 6.32. The number of nitrogens with one attached hydrogen (secondary N) is 1. The van der Waals surface area contributed by atoms with Gasteiger partial charge in [0.15, 0.2) is 5.75 Å². The van der Waals surface area contributed by atoms with Crippen molar-refractivity contribution in [1.82, 2.24) is 19.9 Å². The summed E-state index contributed by atoms with van der Waals surface area (Å²) in [6.07, 6.45) is 2.78. The minimum Gasteiger partial charge on any atom is -0.488 e. The summed E-state index contributed by atoms with van der Waals surface area (Å²) >= 11 is 18.1. The molecular weight excluding hydrogens is 437 g/mol. The third kappa shape index (κ3) is 4.70. The van der Waals surface area contributed by atoms with Crippen LogP contribution in [0.15, 0.2) is 30.7 Å². The molecule has 0 spiro atoms. The molecule has 1 aliphatic heterocycles. The van der Waals surface area contributed by atoms with Crippen molar-refractivity contribution in [3.8, 4) is 5.75 Å². The number of halogens is 3. The molecule has 4 rings (SSSR count). The number of aliphatic hydroxyl groups excluding tert-OH is 1. The van der Waals surface area contributed by atoms with Gasteiger partial charge in [0.2, 0.25) is 0 Å². The molecule has 0 saturated carbocycles. The van der Waals surface area contributed by atoms with E-state index >= 15 is 0 Å². The minimum atomic E-state index is -0.667. The first kappa shape index (κ1) is 20.5. The van der Waals surface area contributed by atoms with Crippen LogP contribution in [-0.2, 0) is 0 Å². The van der Waals surface area contributed by atoms with Gasteiger partial charge in [0.1, 0.15) is 30.5 Å². The zero-order chi connectivity index (χ0) is 20.4. The molecule has 1 aliphatic rings. The number of rotatable bonds is 6. The van der Waals surface area contributed by atoms with Gasteiger partial charge in [-0.1, -0.05) is 34.8 Å². The molecule has 3 heterocycles. The van der Waals surface area contributed by atoms with E-state index in [9.17, 15) is 5.11 Å². The van der Waals surface area contributed by atoms with Crippen molar-refractivity contribution in [3.05, 3.63) is 45.8 Å². The van der Waals surface area contributed by atoms with Gasteiger partial charge in [-0.05, 0) is 18.2 Å². The normalized spacial score (nSPS) is 16.3. The minimum absolute atomic E-state index is 0.0944. The lowest BCUT2D eigenvalue weighted by Crippen LogP contribution is -2.49. The van der Waals surface area contributed by atoms with E-state index in [-0.39, 0.29) is 6.61 Å². The van der Waals surface area contributed by atoms with E-state index < -0.39 is 6.10 Å². The number of β-amino-alcohol motifs (C(OH)–C–C–N with tert-alkyl or cyclic N) is 1. The molecule has 0 amide bonds. The zero-order valence-electron chi connectivity index (χ0n) is 15.5. The number of nitrogens with zero attached hydrogens (tertiary/aromatic N) is 4. The van der Waals surface area contributed by atoms with Gasteiger partial charge >= 0.3 is 0 Å². The second kappa shape index (κ2) is 8.93. The van der Waals surface area contributed by atoms with Crippen molar-refractivity contribution >= 4 is 51.7 Å². The van der Waals surface area contributed by atoms with Gasteiger partial charge in [0.25, 0.3) is 0 Å². The second-order valence-corrected chi connectivity index (χ2v) is 8.14. The van der Waals surface area contributed by atoms with Crippen LogP contribution in [-0.4, -0.2) is 70.4 Å². The van der Waals surface area contributed by atoms with Gasteiger partial charge in [-0.25, -0.2) is 9.97 Å². The number of aromatic amines is 1. The molecule has 0 aliphatic carbocycles. The lowest BCUT2D eigenvalue weighted by atomic mass is 10.2. The highest BCUT2D eigenvalue weighted by Gasteiger charge is 2.22. The van der Waals surface area contributed by atoms with Crippen LogP contribution >= 0.6 is 34.8 Å². The van der Waals surface area contributed by atoms with E-state index in [1.807, 2.05) is 12.3 Å². The topological polar surface area (TPSA) is 77.5 Å². The fourth-order valence-electron chi connectivity index (χ4n) is 3.45. The molecule has 0 radical (unpaired) electrons. The van der Waals surface area contributed by atoms with Gasteiger partial charge in [0, 0.05) is 43.9 Å². The lowest BCUT2D eigenvalue weighted by Gasteiger charge is -2.36. The second-order valence-electron chi connectivity index (χ2n) is 6.89. The van der Waals surface area contributed by atoms with Crippen LogP contribution in [0, 0.1) is 0 Å². The lowest BCUT2D eigenvalue weighted by molar-refractivity contribution is 0.0663. The quantitative estimate of drug-likeness (QED) is 0.591. The maximum Gasteiger partial charge on any atom is 0.156 e. The van der Waals surface area contributed by atoms with Crippen LogP contribution in [0.5, 0.6) is 5.75 Å². The van der Waals surface area contributed by atoms with Crippen LogP contribution in [0.2, 0.25) is 15.1 Å². The molecule has 1 fully saturated rings. The van der Waals surface area contributed by atoms with Gasteiger partial charge in [-0.2, -0.15) is 0 Å². The standard InChI is InChI=1S/C19H20Cl3N5O2/c20-12-7-15(21)17(16(22)8-12)29-10-13(28)9-26-3-5-27(6-4-26)19-14-1-2-23-18(14)24-11-25-19/h1-2,7-8,11,13,28H,3-6,9-10H2,(H,23,24,25). The van der Waals surface area contributed by atoms with E-state index in [0.29, 0.717) is 27.4 Å². The zero-order valence-corrected chi connectivity index (χ0v) is 17.8. The first-order chi connectivity index (χ1) is 14.0. The number of anilines is 1. The van der Waals surface area contributed by atoms with Crippen LogP contribution in [0.4, 0.5) is 5.82 Å². The fourth-order valence-corrected chi connectivity index (χ4v) is 4.38. The van der Waals surface area contributed by atoms with E-state index in [2.05, 4.69) is 24.8 Å². The Morgan fingerprint density at radius 1 is 1.10 bits per heavy atom. The third-order valence-corrected chi connectivity index (χ3v) is 5.64. The summed E-state index contributed by atoms with van der Waals surface area (Å²) in [5, 5.41) is 12.5. The molecule has 2 aromatic heterocycles. The van der Waals surface area contributed by atoms with Crippen molar-refractivity contribution in [3.63, 3.8) is 0 Å². The first-order valence-corrected chi connectivity index (χ1v) is 10.4. The molecule has 1 atom stereocenters. The smallest absolute Gasteiger partial charge is 0.156 e. The molecule has 1 aromatic carbocycles. The molecular formula is C19H20Cl3N5O2. The number of aliphatic hydroxyl groups is 1. The van der Waals surface area contributed by atoms with Crippen molar-refractivity contribution in [1.29, 1.82) is 0 Å². The number of hydrogen-bond acceptors (Lipinski definition) is 6. The molecule has 10 heteroatoms. The largest absolute Gasteiger partial charge is 0.488 e. The summed E-state index contributed by atoms with van der Waals surface area (Å²) in [4.78, 5) is 16.2. The molecule has 1 saturated heterocycles. The van der Waals surface area contributed by atoms with Gasteiger partial charge in [0.05, 0.1) is 15.4 Å². The van der Waals surface area contributed by atoms with Gasteiger partial charge in [-0.3, -0.25) is 4.90 Å². The van der Waals surface area contributed by atoms with Crippen LogP contribution in [0.1, 0.15) is 0 Å². The summed E-state index contributed by atoms with van der Waals surface area (Å²) in [5.41, 5.74) is 0.838. The van der Waals surface area contributed by atoms with E-state index in [1.165, 1.54) is 0 Å². The number of H-pyrrole nitrogens is 1. The van der Waals surface area contributed by atoms with Crippen LogP contribution in [0.25, 0.3) is 11.0 Å². The SMILES string of the molecule is OC(COc1c(Cl)cc(Cl)cc1Cl)CN1CCN(c2ncnc3[nH]ccc23)CC1. The number of piperazine rings is 1. The number of fused-ring (bicyclic) bond motifs is 1. The van der Waals surface area contributed by atoms with Crippen LogP contribution < -0.4 is 9.64 Å². The summed E-state index contributed by atoms with van der Waals surface area (Å²) < 4.78 is 5.63. The average molecular weight is 457 g/mol. The summed E-state index contributed by atoms with van der Waals surface area (Å²) in [6.45, 7) is 3.86. The highest BCUT2D eigenvalue weighted by Crippen LogP contribution is 2.35. The molecule has 7 nitrogen and oxygen atoms in total. The maximum absolute atomic E-state index is 10.4. The highest BCUT2D eigenvalue weighted by molar-refractivity contribution is 6.40. The fraction of sp³-hybridized carbons (Fsp3) is 0.368. The van der Waals surface area contributed by atoms with E-state index in [0.717, 1.165) is 43.0 Å². The predicted molar refractivity (Wildman–Crippen MR) is 116 cm³/mol. The number of aromatic nitrogens is 3. The Hall–Kier alpha value is -1.77. The van der Waals surface area contributed by atoms with E-state index in [1.54, 1.807) is 18.5 Å². The number of hydrogen-bond donors (Lipinski definition) is 2. The Bertz CT molecular complexity index is 968. The molecule has 1 unspecified atom stereocenters. The molecule has 29 heavy (non-hydrogen) atoms. The third-order valence-electron chi connectivity index (χ3n) is 4.86. The average Bonchev–Trinajstić information content (AvgIpc) is 3.16. The Labute approximate surface area is 183 Å². The van der Waals surface area contributed by atoms with Gasteiger partial charge in [-0.15, -0.1) is 0 Å². The molecule has 154 valence electrons. The molecule has 3 aromatic rings. The summed E-state index contributed by atoms with van der Waals surface area (Å²) in [7, 11) is 0. The Balaban J connectivity index is 1.29. The Morgan fingerprint density at radius 3 is 2.55 bits per heavy atom. The summed E-state index contributed by atoms with van der Waals surface area (Å²) in [5.74, 6) is 1.27. The molecule has 0 bridgehead atoms. The van der Waals surface area contributed by atoms with Crippen molar-refractivity contribution in [2.24, 2.45) is 0 Å². The van der Waals surface area contributed by atoms with Crippen molar-refractivity contribution in [2.45, 2.75) is 6.10 Å². The Morgan fingerprint density at radius 2 is 1.83 bits per heavy atom. The maximum atomic E-state index is 10.4. The predicted octanol–water partition coefficient (Wildman–Crippen LogP) is 3.48. The summed E-state index contributed by atoms with van der Waals surface area (Å²) in [6, 6.07) is 5.11.